The highest BCUT2D eigenvalue weighted by molar-refractivity contribution is 6.01. The lowest BCUT2D eigenvalue weighted by Crippen LogP contribution is -2.23. The molecule has 0 radical (unpaired) electrons. The van der Waals surface area contributed by atoms with Gasteiger partial charge in [-0.25, -0.2) is 23.3 Å². The fourth-order valence-corrected chi connectivity index (χ4v) is 4.78. The maximum atomic E-state index is 15.5. The third-order valence-corrected chi connectivity index (χ3v) is 6.78. The number of halogens is 3. The monoisotopic (exact) mass is 578 g/mol. The molecule has 4 aromatic heterocycles. The van der Waals surface area contributed by atoms with Gasteiger partial charge in [0.05, 0.1) is 34.4 Å². The Balaban J connectivity index is 1.38. The number of pyridine rings is 1. The molecular weight excluding hydrogens is 561 g/mol. The second-order valence-electron chi connectivity index (χ2n) is 9.26. The average Bonchev–Trinajstić information content (AvgIpc) is 3.66. The van der Waals surface area contributed by atoms with E-state index in [1.54, 1.807) is 0 Å². The zero-order chi connectivity index (χ0) is 29.9. The van der Waals surface area contributed by atoms with Gasteiger partial charge in [-0.05, 0) is 35.9 Å². The van der Waals surface area contributed by atoms with Crippen LogP contribution < -0.4 is 5.69 Å². The van der Waals surface area contributed by atoms with Crippen LogP contribution in [0.1, 0.15) is 28.5 Å². The summed E-state index contributed by atoms with van der Waals surface area (Å²) in [6.07, 6.45) is -3.10. The molecule has 6 aromatic rings. The van der Waals surface area contributed by atoms with Crippen LogP contribution in [0.3, 0.4) is 0 Å². The number of hydrogen-bond donors (Lipinski definition) is 2. The van der Waals surface area contributed by atoms with Crippen LogP contribution in [0, 0.1) is 5.82 Å². The molecular formula is C27H17F3N6O6. The van der Waals surface area contributed by atoms with Gasteiger partial charge in [0.2, 0.25) is 5.89 Å². The standard InChI is InChI=1S/C27H17F3N6O6/c1-34-19-8-16(12-2-3-13-7-21(25(37)38)36(27(40)41)18(13)6-12)17(28)9-20(19)35(26(34)39)11-15-5-4-14(10-31-15)23-32-33-24(42-23)22(29)30/h2-10,22H,11H2,1H3,(H,37,38)(H,40,41). The molecule has 0 saturated carbocycles. The SMILES string of the molecule is Cn1c(=O)n(Cc2ccc(-c3nnc(C(F)F)o3)cn2)c2cc(F)c(-c3ccc4cc(C(=O)O)n(C(=O)O)c4c3)cc21. The van der Waals surface area contributed by atoms with E-state index in [9.17, 15) is 33.4 Å². The first-order valence-electron chi connectivity index (χ1n) is 12.1. The minimum Gasteiger partial charge on any atom is -0.477 e. The van der Waals surface area contributed by atoms with Crippen LogP contribution in [0.2, 0.25) is 0 Å². The molecule has 0 spiro atoms. The van der Waals surface area contributed by atoms with E-state index < -0.39 is 41.6 Å². The van der Waals surface area contributed by atoms with Gasteiger partial charge in [-0.1, -0.05) is 12.1 Å². The maximum Gasteiger partial charge on any atom is 0.416 e. The summed E-state index contributed by atoms with van der Waals surface area (Å²) in [5.74, 6) is -3.10. The van der Waals surface area contributed by atoms with Gasteiger partial charge in [0.1, 0.15) is 11.5 Å². The maximum absolute atomic E-state index is 15.5. The van der Waals surface area contributed by atoms with E-state index in [1.165, 1.54) is 70.9 Å². The second kappa shape index (κ2) is 9.72. The Morgan fingerprint density at radius 3 is 2.38 bits per heavy atom. The van der Waals surface area contributed by atoms with E-state index in [-0.39, 0.29) is 34.6 Å². The number of alkyl halides is 2. The van der Waals surface area contributed by atoms with Crippen molar-refractivity contribution in [2.75, 3.05) is 0 Å². The summed E-state index contributed by atoms with van der Waals surface area (Å²) < 4.78 is 49.2. The zero-order valence-corrected chi connectivity index (χ0v) is 21.3. The molecule has 0 unspecified atom stereocenters. The number of aryl methyl sites for hydroxylation is 1. The number of nitrogens with zero attached hydrogens (tertiary/aromatic N) is 6. The molecule has 4 heterocycles. The zero-order valence-electron chi connectivity index (χ0n) is 21.3. The summed E-state index contributed by atoms with van der Waals surface area (Å²) in [5, 5.41) is 26.2. The van der Waals surface area contributed by atoms with Crippen LogP contribution in [0.5, 0.6) is 0 Å². The highest BCUT2D eigenvalue weighted by Crippen LogP contribution is 2.31. The molecule has 12 nitrogen and oxygen atoms in total. The van der Waals surface area contributed by atoms with E-state index in [0.29, 0.717) is 26.7 Å². The van der Waals surface area contributed by atoms with Gasteiger partial charge >= 0.3 is 24.2 Å². The molecule has 42 heavy (non-hydrogen) atoms. The molecule has 212 valence electrons. The minimum atomic E-state index is -2.92. The van der Waals surface area contributed by atoms with Crippen molar-refractivity contribution in [1.82, 2.24) is 28.9 Å². The Kier molecular flexibility index (Phi) is 6.13. The number of aromatic nitrogens is 6. The molecule has 0 amide bonds. The van der Waals surface area contributed by atoms with Gasteiger partial charge in [0.25, 0.3) is 5.89 Å². The Bertz CT molecular complexity index is 2110. The molecule has 0 aliphatic rings. The molecule has 0 saturated heterocycles. The average molecular weight is 578 g/mol. The fourth-order valence-electron chi connectivity index (χ4n) is 4.78. The van der Waals surface area contributed by atoms with Gasteiger partial charge < -0.3 is 14.6 Å². The van der Waals surface area contributed by atoms with Crippen LogP contribution in [-0.4, -0.2) is 51.2 Å². The summed E-state index contributed by atoms with van der Waals surface area (Å²) in [7, 11) is 1.51. The molecule has 0 aliphatic heterocycles. The largest absolute Gasteiger partial charge is 0.477 e. The van der Waals surface area contributed by atoms with Crippen molar-refractivity contribution in [3.63, 3.8) is 0 Å². The van der Waals surface area contributed by atoms with E-state index >= 15 is 4.39 Å². The molecule has 2 aromatic carbocycles. The van der Waals surface area contributed by atoms with E-state index in [1.807, 2.05) is 0 Å². The van der Waals surface area contributed by atoms with Crippen molar-refractivity contribution < 1.29 is 37.4 Å². The Morgan fingerprint density at radius 1 is 0.976 bits per heavy atom. The van der Waals surface area contributed by atoms with Crippen molar-refractivity contribution in [1.29, 1.82) is 0 Å². The van der Waals surface area contributed by atoms with Gasteiger partial charge in [-0.2, -0.15) is 8.78 Å². The number of carboxylic acids is 1. The summed E-state index contributed by atoms with van der Waals surface area (Å²) in [6, 6.07) is 11.3. The Hall–Kier alpha value is -5.73. The van der Waals surface area contributed by atoms with Crippen molar-refractivity contribution in [2.24, 2.45) is 7.05 Å². The third-order valence-electron chi connectivity index (χ3n) is 6.78. The number of fused-ring (bicyclic) bond motifs is 2. The third kappa shape index (κ3) is 4.27. The lowest BCUT2D eigenvalue weighted by Gasteiger charge is -2.08. The Morgan fingerprint density at radius 2 is 1.74 bits per heavy atom. The lowest BCUT2D eigenvalue weighted by atomic mass is 10.0. The number of benzene rings is 2. The second-order valence-corrected chi connectivity index (χ2v) is 9.26. The number of aromatic carboxylic acids is 1. The quantitative estimate of drug-likeness (QED) is 0.284. The van der Waals surface area contributed by atoms with Crippen LogP contribution in [-0.2, 0) is 13.6 Å². The normalized spacial score (nSPS) is 11.6. The summed E-state index contributed by atoms with van der Waals surface area (Å²) in [5.41, 5.74) is 0.804. The molecule has 0 atom stereocenters. The molecule has 0 bridgehead atoms. The van der Waals surface area contributed by atoms with Crippen molar-refractivity contribution in [3.8, 4) is 22.6 Å². The van der Waals surface area contributed by atoms with Crippen LogP contribution in [0.25, 0.3) is 44.5 Å². The lowest BCUT2D eigenvalue weighted by molar-refractivity contribution is 0.0684. The van der Waals surface area contributed by atoms with E-state index in [4.69, 9.17) is 4.42 Å². The minimum absolute atomic E-state index is 0.0442. The predicted molar refractivity (Wildman–Crippen MR) is 140 cm³/mol. The van der Waals surface area contributed by atoms with Gasteiger partial charge in [0.15, 0.2) is 0 Å². The van der Waals surface area contributed by atoms with Crippen molar-refractivity contribution >= 4 is 34.0 Å². The smallest absolute Gasteiger partial charge is 0.416 e. The number of carbonyl (C=O) groups is 2. The van der Waals surface area contributed by atoms with Crippen LogP contribution >= 0.6 is 0 Å². The number of imidazole rings is 1. The highest BCUT2D eigenvalue weighted by Gasteiger charge is 2.22. The predicted octanol–water partition coefficient (Wildman–Crippen LogP) is 4.76. The highest BCUT2D eigenvalue weighted by atomic mass is 19.3. The molecule has 2 N–H and O–H groups in total. The van der Waals surface area contributed by atoms with Crippen molar-refractivity contribution in [3.05, 3.63) is 88.3 Å². The van der Waals surface area contributed by atoms with Gasteiger partial charge in [0, 0.05) is 30.3 Å². The summed E-state index contributed by atoms with van der Waals surface area (Å²) in [6.45, 7) is -0.0442. The molecule has 6 rings (SSSR count). The first-order chi connectivity index (χ1) is 20.0. The molecule has 15 heteroatoms. The van der Waals surface area contributed by atoms with Crippen LogP contribution in [0.4, 0.5) is 18.0 Å². The fraction of sp³-hybridized carbons (Fsp3) is 0.111. The van der Waals surface area contributed by atoms with Crippen LogP contribution in [0.15, 0.2) is 63.9 Å². The topological polar surface area (TPSA) is 158 Å². The number of hydrogen-bond acceptors (Lipinski definition) is 7. The van der Waals surface area contributed by atoms with E-state index in [0.717, 1.165) is 0 Å². The number of carboxylic acid groups (broad SMARTS) is 2. The molecule has 0 fully saturated rings. The summed E-state index contributed by atoms with van der Waals surface area (Å²) >= 11 is 0. The summed E-state index contributed by atoms with van der Waals surface area (Å²) in [4.78, 5) is 40.7. The first-order valence-corrected chi connectivity index (χ1v) is 12.1. The van der Waals surface area contributed by atoms with Gasteiger partial charge in [-0.15, -0.1) is 10.2 Å². The van der Waals surface area contributed by atoms with E-state index in [2.05, 4.69) is 15.2 Å². The molecule has 0 aliphatic carbocycles. The van der Waals surface area contributed by atoms with Gasteiger partial charge in [-0.3, -0.25) is 14.1 Å². The first kappa shape index (κ1) is 26.5. The Labute approximate surface area is 231 Å². The number of rotatable bonds is 6. The van der Waals surface area contributed by atoms with Crippen molar-refractivity contribution in [2.45, 2.75) is 13.0 Å².